The van der Waals surface area contributed by atoms with Crippen molar-refractivity contribution in [3.05, 3.63) is 47.1 Å². The zero-order valence-electron chi connectivity index (χ0n) is 14.4. The summed E-state index contributed by atoms with van der Waals surface area (Å²) >= 11 is 1.65. The van der Waals surface area contributed by atoms with Crippen molar-refractivity contribution in [1.29, 1.82) is 0 Å². The second kappa shape index (κ2) is 7.07. The van der Waals surface area contributed by atoms with Crippen molar-refractivity contribution in [3.8, 4) is 0 Å². The van der Waals surface area contributed by atoms with Gasteiger partial charge in [-0.15, -0.1) is 11.3 Å². The predicted molar refractivity (Wildman–Crippen MR) is 101 cm³/mol. The van der Waals surface area contributed by atoms with Gasteiger partial charge in [-0.1, -0.05) is 25.1 Å². The number of thiophene rings is 1. The van der Waals surface area contributed by atoms with Crippen LogP contribution in [-0.4, -0.2) is 36.8 Å². The van der Waals surface area contributed by atoms with Crippen LogP contribution in [-0.2, 0) is 23.0 Å². The molecule has 0 aliphatic rings. The monoisotopic (exact) mass is 376 g/mol. The molecule has 0 atom stereocenters. The highest BCUT2D eigenvalue weighted by atomic mass is 32.2. The molecule has 0 radical (unpaired) electrons. The Morgan fingerprint density at radius 1 is 1.20 bits per heavy atom. The Hall–Kier alpha value is -2.03. The second-order valence-electron chi connectivity index (χ2n) is 5.76. The van der Waals surface area contributed by atoms with E-state index >= 15 is 0 Å². The molecule has 0 fully saturated rings. The maximum absolute atomic E-state index is 12.5. The number of nitrogens with zero attached hydrogens (tertiary/aromatic N) is 3. The first kappa shape index (κ1) is 17.8. The molecule has 0 spiro atoms. The summed E-state index contributed by atoms with van der Waals surface area (Å²) in [7, 11) is -0.426. The SMILES string of the molecule is CCc1cc2c(NCc3ccccc3S(=O)(=O)N(C)C)ncnc2s1. The number of aromatic nitrogens is 2. The third-order valence-electron chi connectivity index (χ3n) is 3.91. The summed E-state index contributed by atoms with van der Waals surface area (Å²) in [5, 5.41) is 4.24. The van der Waals surface area contributed by atoms with Crippen LogP contribution in [0.15, 0.2) is 41.6 Å². The molecule has 0 saturated carbocycles. The van der Waals surface area contributed by atoms with Gasteiger partial charge in [0.25, 0.3) is 0 Å². The van der Waals surface area contributed by atoms with Crippen molar-refractivity contribution >= 4 is 37.4 Å². The highest BCUT2D eigenvalue weighted by molar-refractivity contribution is 7.89. The first-order valence-corrected chi connectivity index (χ1v) is 10.2. The summed E-state index contributed by atoms with van der Waals surface area (Å²) in [4.78, 5) is 11.1. The number of hydrogen-bond acceptors (Lipinski definition) is 6. The highest BCUT2D eigenvalue weighted by Gasteiger charge is 2.20. The number of hydrogen-bond donors (Lipinski definition) is 1. The Labute approximate surface area is 151 Å². The van der Waals surface area contributed by atoms with E-state index in [0.717, 1.165) is 22.5 Å². The predicted octanol–water partition coefficient (Wildman–Crippen LogP) is 3.12. The standard InChI is InChI=1S/C17H20N4O2S2/c1-4-13-9-14-16(19-11-20-17(14)24-13)18-10-12-7-5-6-8-15(12)25(22,23)21(2)3/h5-9,11H,4,10H2,1-3H3,(H,18,19,20). The van der Waals surface area contributed by atoms with E-state index in [1.807, 2.05) is 12.1 Å². The molecule has 0 bridgehead atoms. The van der Waals surface area contributed by atoms with E-state index in [1.165, 1.54) is 29.6 Å². The Morgan fingerprint density at radius 2 is 1.96 bits per heavy atom. The minimum atomic E-state index is -3.49. The number of sulfonamides is 1. The molecule has 2 heterocycles. The topological polar surface area (TPSA) is 75.2 Å². The van der Waals surface area contributed by atoms with Crippen LogP contribution in [0.1, 0.15) is 17.4 Å². The second-order valence-corrected chi connectivity index (χ2v) is 8.99. The van der Waals surface area contributed by atoms with E-state index in [2.05, 4.69) is 28.3 Å². The molecule has 0 amide bonds. The molecular weight excluding hydrogens is 356 g/mol. The summed E-state index contributed by atoms with van der Waals surface area (Å²) < 4.78 is 26.2. The van der Waals surface area contributed by atoms with Crippen LogP contribution in [0.2, 0.25) is 0 Å². The van der Waals surface area contributed by atoms with Crippen LogP contribution in [0, 0.1) is 0 Å². The number of anilines is 1. The number of fused-ring (bicyclic) bond motifs is 1. The molecule has 2 aromatic heterocycles. The molecule has 132 valence electrons. The lowest BCUT2D eigenvalue weighted by Crippen LogP contribution is -2.23. The number of aryl methyl sites for hydroxylation is 1. The third-order valence-corrected chi connectivity index (χ3v) is 7.01. The fourth-order valence-corrected chi connectivity index (χ4v) is 4.55. The molecule has 25 heavy (non-hydrogen) atoms. The van der Waals surface area contributed by atoms with E-state index in [-0.39, 0.29) is 0 Å². The van der Waals surface area contributed by atoms with Crippen molar-refractivity contribution in [2.75, 3.05) is 19.4 Å². The molecule has 1 aromatic carbocycles. The Morgan fingerprint density at radius 3 is 2.68 bits per heavy atom. The van der Waals surface area contributed by atoms with Gasteiger partial charge < -0.3 is 5.32 Å². The van der Waals surface area contributed by atoms with Gasteiger partial charge in [-0.05, 0) is 24.1 Å². The van der Waals surface area contributed by atoms with Crippen LogP contribution >= 0.6 is 11.3 Å². The maximum Gasteiger partial charge on any atom is 0.242 e. The summed E-state index contributed by atoms with van der Waals surface area (Å²) in [5.41, 5.74) is 0.703. The minimum Gasteiger partial charge on any atom is -0.365 e. The molecule has 6 nitrogen and oxygen atoms in total. The summed E-state index contributed by atoms with van der Waals surface area (Å²) in [5.74, 6) is 0.720. The van der Waals surface area contributed by atoms with Gasteiger partial charge in [0.05, 0.1) is 10.3 Å². The average Bonchev–Trinajstić information content (AvgIpc) is 3.04. The molecule has 0 saturated heterocycles. The first-order chi connectivity index (χ1) is 11.9. The molecule has 1 N–H and O–H groups in total. The lowest BCUT2D eigenvalue weighted by Gasteiger charge is -2.15. The van der Waals surface area contributed by atoms with Crippen molar-refractivity contribution in [2.24, 2.45) is 0 Å². The van der Waals surface area contributed by atoms with Crippen LogP contribution in [0.25, 0.3) is 10.2 Å². The fourth-order valence-electron chi connectivity index (χ4n) is 2.50. The fraction of sp³-hybridized carbons (Fsp3) is 0.294. The molecule has 8 heteroatoms. The van der Waals surface area contributed by atoms with Crippen molar-refractivity contribution < 1.29 is 8.42 Å². The molecule has 3 aromatic rings. The van der Waals surface area contributed by atoms with Crippen LogP contribution in [0.4, 0.5) is 5.82 Å². The maximum atomic E-state index is 12.5. The van der Waals surface area contributed by atoms with E-state index in [4.69, 9.17) is 0 Å². The summed E-state index contributed by atoms with van der Waals surface area (Å²) in [6.07, 6.45) is 2.48. The van der Waals surface area contributed by atoms with Crippen molar-refractivity contribution in [2.45, 2.75) is 24.8 Å². The molecule has 3 rings (SSSR count). The van der Waals surface area contributed by atoms with Gasteiger partial charge in [0.1, 0.15) is 17.0 Å². The van der Waals surface area contributed by atoms with E-state index in [1.54, 1.807) is 23.5 Å². The van der Waals surface area contributed by atoms with Gasteiger partial charge in [-0.3, -0.25) is 0 Å². The van der Waals surface area contributed by atoms with Crippen molar-refractivity contribution in [3.63, 3.8) is 0 Å². The first-order valence-electron chi connectivity index (χ1n) is 7.91. The van der Waals surface area contributed by atoms with Crippen LogP contribution in [0.5, 0.6) is 0 Å². The summed E-state index contributed by atoms with van der Waals surface area (Å²) in [6.45, 7) is 2.47. The lowest BCUT2D eigenvalue weighted by molar-refractivity contribution is 0.520. The van der Waals surface area contributed by atoms with Crippen LogP contribution in [0.3, 0.4) is 0 Å². The largest absolute Gasteiger partial charge is 0.365 e. The summed E-state index contributed by atoms with van der Waals surface area (Å²) in [6, 6.07) is 9.09. The Bertz CT molecular complexity index is 997. The van der Waals surface area contributed by atoms with Gasteiger partial charge in [0.15, 0.2) is 0 Å². The average molecular weight is 377 g/mol. The Balaban J connectivity index is 1.92. The minimum absolute atomic E-state index is 0.303. The normalized spacial score (nSPS) is 12.0. The molecule has 0 aliphatic carbocycles. The quantitative estimate of drug-likeness (QED) is 0.715. The van der Waals surface area contributed by atoms with Gasteiger partial charge in [-0.2, -0.15) is 0 Å². The molecular formula is C17H20N4O2S2. The molecule has 0 unspecified atom stereocenters. The molecule has 0 aliphatic heterocycles. The number of rotatable bonds is 6. The smallest absolute Gasteiger partial charge is 0.242 e. The number of nitrogens with one attached hydrogen (secondary N) is 1. The lowest BCUT2D eigenvalue weighted by atomic mass is 10.2. The van der Waals surface area contributed by atoms with Crippen LogP contribution < -0.4 is 5.32 Å². The van der Waals surface area contributed by atoms with E-state index < -0.39 is 10.0 Å². The van der Waals surface area contributed by atoms with E-state index in [9.17, 15) is 8.42 Å². The number of benzene rings is 1. The van der Waals surface area contributed by atoms with Gasteiger partial charge >= 0.3 is 0 Å². The Kier molecular flexibility index (Phi) is 5.03. The van der Waals surface area contributed by atoms with Crippen molar-refractivity contribution in [1.82, 2.24) is 14.3 Å². The third kappa shape index (κ3) is 3.51. The van der Waals surface area contributed by atoms with Gasteiger partial charge in [0, 0.05) is 25.5 Å². The zero-order valence-corrected chi connectivity index (χ0v) is 16.0. The van der Waals surface area contributed by atoms with Gasteiger partial charge in [0.2, 0.25) is 10.0 Å². The van der Waals surface area contributed by atoms with Gasteiger partial charge in [-0.25, -0.2) is 22.7 Å². The van der Waals surface area contributed by atoms with E-state index in [0.29, 0.717) is 17.0 Å². The zero-order chi connectivity index (χ0) is 18.0. The highest BCUT2D eigenvalue weighted by Crippen LogP contribution is 2.29.